The van der Waals surface area contributed by atoms with E-state index in [1.54, 1.807) is 37.3 Å². The molecule has 0 spiro atoms. The van der Waals surface area contributed by atoms with Crippen LogP contribution in [0.4, 0.5) is 13.2 Å². The van der Waals surface area contributed by atoms with E-state index in [1.807, 2.05) is 0 Å². The van der Waals surface area contributed by atoms with Crippen LogP contribution in [0.2, 0.25) is 0 Å². The predicted octanol–water partition coefficient (Wildman–Crippen LogP) is 5.19. The van der Waals surface area contributed by atoms with Crippen LogP contribution in [0.3, 0.4) is 0 Å². The summed E-state index contributed by atoms with van der Waals surface area (Å²) in [5, 5.41) is 7.98. The van der Waals surface area contributed by atoms with Crippen molar-refractivity contribution < 1.29 is 18.0 Å². The van der Waals surface area contributed by atoms with E-state index in [9.17, 15) is 18.0 Å². The summed E-state index contributed by atoms with van der Waals surface area (Å²) in [6, 6.07) is 12.8. The molecule has 10 heteroatoms. The van der Waals surface area contributed by atoms with E-state index < -0.39 is 11.9 Å². The van der Waals surface area contributed by atoms with Crippen LogP contribution in [0.5, 0.6) is 0 Å². The molecular formula is C19H11F3N4OS2. The van der Waals surface area contributed by atoms with Gasteiger partial charge >= 0.3 is 6.18 Å². The van der Waals surface area contributed by atoms with Gasteiger partial charge in [0.25, 0.3) is 0 Å². The summed E-state index contributed by atoms with van der Waals surface area (Å²) in [6.45, 7) is 1.71. The molecule has 5 nitrogen and oxygen atoms in total. The number of carbonyl (C=O) groups excluding carboxylic acids is 1. The minimum atomic E-state index is -4.71. The summed E-state index contributed by atoms with van der Waals surface area (Å²) in [5.41, 5.74) is -0.184. The van der Waals surface area contributed by atoms with E-state index in [4.69, 9.17) is 0 Å². The van der Waals surface area contributed by atoms with Crippen LogP contribution < -0.4 is 0 Å². The van der Waals surface area contributed by atoms with Gasteiger partial charge in [0.2, 0.25) is 0 Å². The highest BCUT2D eigenvalue weighted by Crippen LogP contribution is 2.39. The molecule has 0 saturated carbocycles. The normalized spacial score (nSPS) is 11.7. The van der Waals surface area contributed by atoms with Gasteiger partial charge in [-0.15, -0.1) is 10.2 Å². The summed E-state index contributed by atoms with van der Waals surface area (Å²) in [4.78, 5) is 20.5. The molecule has 2 aromatic carbocycles. The lowest BCUT2D eigenvalue weighted by Gasteiger charge is -2.11. The van der Waals surface area contributed by atoms with Crippen molar-refractivity contribution in [3.63, 3.8) is 0 Å². The number of nitrogens with zero attached hydrogens (tertiary/aromatic N) is 4. The molecule has 0 saturated heterocycles. The van der Waals surface area contributed by atoms with Gasteiger partial charge in [0.1, 0.15) is 10.0 Å². The largest absolute Gasteiger partial charge is 0.436 e. The number of alkyl halides is 3. The molecule has 0 aliphatic heterocycles. The van der Waals surface area contributed by atoms with Crippen molar-refractivity contribution in [2.75, 3.05) is 0 Å². The number of carbonyl (C=O) groups is 1. The third-order valence-corrected chi connectivity index (χ3v) is 5.76. The van der Waals surface area contributed by atoms with Crippen LogP contribution in [-0.4, -0.2) is 25.9 Å². The number of rotatable bonds is 4. The highest BCUT2D eigenvalue weighted by molar-refractivity contribution is 8.01. The molecule has 0 bridgehead atoms. The zero-order chi connectivity index (χ0) is 20.6. The number of hydrogen-bond donors (Lipinski definition) is 0. The van der Waals surface area contributed by atoms with Crippen molar-refractivity contribution in [1.29, 1.82) is 0 Å². The molecule has 0 amide bonds. The van der Waals surface area contributed by atoms with E-state index in [1.165, 1.54) is 29.5 Å². The second kappa shape index (κ2) is 7.53. The van der Waals surface area contributed by atoms with Crippen molar-refractivity contribution in [2.24, 2.45) is 0 Å². The molecule has 0 fully saturated rings. The summed E-state index contributed by atoms with van der Waals surface area (Å²) in [6.07, 6.45) is -4.71. The lowest BCUT2D eigenvalue weighted by Crippen LogP contribution is -2.12. The van der Waals surface area contributed by atoms with Gasteiger partial charge in [-0.1, -0.05) is 41.7 Å². The molecule has 2 aromatic heterocycles. The van der Waals surface area contributed by atoms with E-state index in [2.05, 4.69) is 20.2 Å². The highest BCUT2D eigenvalue weighted by Gasteiger charge is 2.37. The molecule has 0 aliphatic carbocycles. The minimum Gasteiger partial charge on any atom is -0.289 e. The topological polar surface area (TPSA) is 68.6 Å². The van der Waals surface area contributed by atoms with E-state index in [-0.39, 0.29) is 27.4 Å². The van der Waals surface area contributed by atoms with Crippen molar-refractivity contribution in [3.8, 4) is 0 Å². The number of aryl methyl sites for hydroxylation is 1. The fourth-order valence-electron chi connectivity index (χ4n) is 2.59. The lowest BCUT2D eigenvalue weighted by molar-refractivity contribution is -0.143. The molecule has 0 aliphatic rings. The Balaban J connectivity index is 1.79. The van der Waals surface area contributed by atoms with Gasteiger partial charge in [-0.3, -0.25) is 4.79 Å². The SMILES string of the molecule is Cc1nnc(Sc2nc3ccc(C(=O)c4ccccc4)cc3nc2C(F)(F)F)s1. The zero-order valence-corrected chi connectivity index (χ0v) is 16.4. The molecule has 4 rings (SSSR count). The van der Waals surface area contributed by atoms with Crippen LogP contribution in [0.1, 0.15) is 26.6 Å². The van der Waals surface area contributed by atoms with E-state index >= 15 is 0 Å². The average molecular weight is 432 g/mol. The Morgan fingerprint density at radius 3 is 2.38 bits per heavy atom. The number of fused-ring (bicyclic) bond motifs is 1. The van der Waals surface area contributed by atoms with E-state index in [0.717, 1.165) is 11.8 Å². The van der Waals surface area contributed by atoms with Crippen molar-refractivity contribution in [2.45, 2.75) is 22.5 Å². The van der Waals surface area contributed by atoms with Gasteiger partial charge in [0, 0.05) is 11.1 Å². The minimum absolute atomic E-state index is 0.00287. The summed E-state index contributed by atoms with van der Waals surface area (Å²) in [7, 11) is 0. The van der Waals surface area contributed by atoms with Crippen LogP contribution in [-0.2, 0) is 6.18 Å². The van der Waals surface area contributed by atoms with Crippen LogP contribution >= 0.6 is 23.1 Å². The molecule has 29 heavy (non-hydrogen) atoms. The molecule has 146 valence electrons. The van der Waals surface area contributed by atoms with E-state index in [0.29, 0.717) is 14.9 Å². The Hall–Kier alpha value is -2.85. The first-order valence-electron chi connectivity index (χ1n) is 8.28. The van der Waals surface area contributed by atoms with Crippen LogP contribution in [0.15, 0.2) is 57.9 Å². The molecular weight excluding hydrogens is 421 g/mol. The molecule has 4 aromatic rings. The number of halogens is 3. The number of aromatic nitrogens is 4. The smallest absolute Gasteiger partial charge is 0.289 e. The van der Waals surface area contributed by atoms with Crippen molar-refractivity contribution >= 4 is 39.9 Å². The van der Waals surface area contributed by atoms with Gasteiger partial charge in [-0.25, -0.2) is 9.97 Å². The molecule has 2 heterocycles. The Labute approximate surface area is 171 Å². The fourth-order valence-corrected chi connectivity index (χ4v) is 4.42. The molecule has 0 atom stereocenters. The first-order valence-corrected chi connectivity index (χ1v) is 9.91. The predicted molar refractivity (Wildman–Crippen MR) is 103 cm³/mol. The first-order chi connectivity index (χ1) is 13.8. The maximum Gasteiger partial charge on any atom is 0.436 e. The zero-order valence-electron chi connectivity index (χ0n) is 14.8. The Bertz CT molecular complexity index is 1210. The average Bonchev–Trinajstić information content (AvgIpc) is 3.11. The van der Waals surface area contributed by atoms with Gasteiger partial charge in [-0.2, -0.15) is 13.2 Å². The lowest BCUT2D eigenvalue weighted by atomic mass is 10.0. The summed E-state index contributed by atoms with van der Waals surface area (Å²) >= 11 is 1.94. The molecule has 0 N–H and O–H groups in total. The Morgan fingerprint density at radius 1 is 0.966 bits per heavy atom. The fraction of sp³-hybridized carbons (Fsp3) is 0.105. The standard InChI is InChI=1S/C19H11F3N4OS2/c1-10-25-26-18(28-10)29-17-16(19(20,21)22)23-14-9-12(7-8-13(14)24-17)15(27)11-5-3-2-4-6-11/h2-9H,1H3. The maximum atomic E-state index is 13.6. The van der Waals surface area contributed by atoms with Crippen LogP contribution in [0, 0.1) is 6.92 Å². The Morgan fingerprint density at radius 2 is 1.72 bits per heavy atom. The summed E-state index contributed by atoms with van der Waals surface area (Å²) < 4.78 is 41.1. The van der Waals surface area contributed by atoms with Crippen LogP contribution in [0.25, 0.3) is 11.0 Å². The van der Waals surface area contributed by atoms with Gasteiger partial charge < -0.3 is 0 Å². The summed E-state index contributed by atoms with van der Waals surface area (Å²) in [5.74, 6) is -0.300. The number of ketones is 1. The quantitative estimate of drug-likeness (QED) is 0.414. The third kappa shape index (κ3) is 4.13. The Kier molecular flexibility index (Phi) is 5.05. The number of benzene rings is 2. The van der Waals surface area contributed by atoms with Gasteiger partial charge in [0.05, 0.1) is 11.0 Å². The molecule has 0 unspecified atom stereocenters. The first kappa shape index (κ1) is 19.5. The second-order valence-corrected chi connectivity index (χ2v) is 8.38. The highest BCUT2D eigenvalue weighted by atomic mass is 32.2. The van der Waals surface area contributed by atoms with Gasteiger partial charge in [0.15, 0.2) is 15.8 Å². The third-order valence-electron chi connectivity index (χ3n) is 3.89. The van der Waals surface area contributed by atoms with Crippen molar-refractivity contribution in [3.05, 3.63) is 70.4 Å². The second-order valence-electron chi connectivity index (χ2n) is 5.96. The van der Waals surface area contributed by atoms with Crippen molar-refractivity contribution in [1.82, 2.24) is 20.2 Å². The monoisotopic (exact) mass is 432 g/mol. The number of hydrogen-bond acceptors (Lipinski definition) is 7. The maximum absolute atomic E-state index is 13.6. The van der Waals surface area contributed by atoms with Gasteiger partial charge in [-0.05, 0) is 36.9 Å². The molecule has 0 radical (unpaired) electrons.